The molecule has 4 rings (SSSR count). The Kier molecular flexibility index (Phi) is 4.68. The zero-order valence-corrected chi connectivity index (χ0v) is 15.0. The molecule has 7 heteroatoms. The van der Waals surface area contributed by atoms with Gasteiger partial charge in [-0.05, 0) is 29.8 Å². The van der Waals surface area contributed by atoms with Crippen LogP contribution in [-0.4, -0.2) is 49.3 Å². The summed E-state index contributed by atoms with van der Waals surface area (Å²) < 4.78 is 5.19. The van der Waals surface area contributed by atoms with Crippen LogP contribution >= 0.6 is 0 Å². The number of amides is 3. The molecule has 2 aliphatic rings. The largest absolute Gasteiger partial charge is 0.443 e. The van der Waals surface area contributed by atoms with Gasteiger partial charge in [-0.25, -0.2) is 9.59 Å². The molecule has 2 saturated heterocycles. The van der Waals surface area contributed by atoms with Gasteiger partial charge < -0.3 is 15.4 Å². The Hall–Kier alpha value is -3.06. The number of urea groups is 1. The Labute approximate surface area is 157 Å². The van der Waals surface area contributed by atoms with Crippen LogP contribution in [0.1, 0.15) is 5.56 Å². The SMILES string of the molecule is NC[C@H]1CN(c2ccc(N3CCN(Cc4ccccc4)C3=O)cc2)C(=O)O1. The van der Waals surface area contributed by atoms with Crippen LogP contribution in [0.2, 0.25) is 0 Å². The highest BCUT2D eigenvalue weighted by atomic mass is 16.6. The van der Waals surface area contributed by atoms with Crippen molar-refractivity contribution in [2.45, 2.75) is 12.6 Å². The highest BCUT2D eigenvalue weighted by Gasteiger charge is 2.32. The number of nitrogens with two attached hydrogens (primary N) is 1. The van der Waals surface area contributed by atoms with Crippen molar-refractivity contribution in [1.29, 1.82) is 0 Å². The molecule has 3 amide bonds. The van der Waals surface area contributed by atoms with Crippen LogP contribution < -0.4 is 15.5 Å². The van der Waals surface area contributed by atoms with Crippen molar-refractivity contribution < 1.29 is 14.3 Å². The summed E-state index contributed by atoms with van der Waals surface area (Å²) in [4.78, 5) is 29.8. The number of carbonyl (C=O) groups is 2. The van der Waals surface area contributed by atoms with Gasteiger partial charge in [-0.1, -0.05) is 30.3 Å². The molecule has 0 bridgehead atoms. The van der Waals surface area contributed by atoms with Gasteiger partial charge in [0.1, 0.15) is 6.10 Å². The minimum absolute atomic E-state index is 0.00428. The minimum Gasteiger partial charge on any atom is -0.443 e. The maximum atomic E-state index is 12.7. The molecule has 0 radical (unpaired) electrons. The Bertz CT molecular complexity index is 825. The second-order valence-corrected chi connectivity index (χ2v) is 6.71. The first-order chi connectivity index (χ1) is 13.2. The molecule has 0 spiro atoms. The quantitative estimate of drug-likeness (QED) is 0.881. The Morgan fingerprint density at radius 1 is 0.926 bits per heavy atom. The number of nitrogens with zero attached hydrogens (tertiary/aromatic N) is 3. The van der Waals surface area contributed by atoms with E-state index in [0.29, 0.717) is 32.7 Å². The number of hydrogen-bond acceptors (Lipinski definition) is 4. The molecule has 2 fully saturated rings. The fourth-order valence-corrected chi connectivity index (χ4v) is 3.44. The number of cyclic esters (lactones) is 1. The molecule has 27 heavy (non-hydrogen) atoms. The summed E-state index contributed by atoms with van der Waals surface area (Å²) in [6.07, 6.45) is -0.659. The average molecular weight is 366 g/mol. The van der Waals surface area contributed by atoms with Crippen molar-refractivity contribution >= 4 is 23.5 Å². The van der Waals surface area contributed by atoms with Gasteiger partial charge in [0, 0.05) is 37.6 Å². The van der Waals surface area contributed by atoms with E-state index in [4.69, 9.17) is 10.5 Å². The van der Waals surface area contributed by atoms with Crippen LogP contribution in [0.15, 0.2) is 54.6 Å². The summed E-state index contributed by atoms with van der Waals surface area (Å²) in [7, 11) is 0. The maximum absolute atomic E-state index is 12.7. The van der Waals surface area contributed by atoms with Gasteiger partial charge >= 0.3 is 12.1 Å². The van der Waals surface area contributed by atoms with Crippen LogP contribution in [-0.2, 0) is 11.3 Å². The molecule has 0 aromatic heterocycles. The molecular weight excluding hydrogens is 344 g/mol. The second kappa shape index (κ2) is 7.28. The van der Waals surface area contributed by atoms with E-state index in [1.807, 2.05) is 59.5 Å². The van der Waals surface area contributed by atoms with Crippen LogP contribution in [0, 0.1) is 0 Å². The van der Waals surface area contributed by atoms with Crippen molar-refractivity contribution in [3.63, 3.8) is 0 Å². The molecule has 0 saturated carbocycles. The molecule has 2 heterocycles. The van der Waals surface area contributed by atoms with Crippen LogP contribution in [0.25, 0.3) is 0 Å². The zero-order chi connectivity index (χ0) is 18.8. The smallest absolute Gasteiger partial charge is 0.414 e. The van der Waals surface area contributed by atoms with E-state index in [0.717, 1.165) is 16.9 Å². The van der Waals surface area contributed by atoms with Crippen molar-refractivity contribution in [3.05, 3.63) is 60.2 Å². The number of ether oxygens (including phenoxy) is 1. The van der Waals surface area contributed by atoms with Gasteiger partial charge in [-0.3, -0.25) is 9.80 Å². The van der Waals surface area contributed by atoms with E-state index >= 15 is 0 Å². The molecule has 2 aromatic carbocycles. The standard InChI is InChI=1S/C20H22N4O3/c21-12-18-14-24(20(26)27-18)17-8-6-16(7-9-17)23-11-10-22(19(23)25)13-15-4-2-1-3-5-15/h1-9,18H,10-14,21H2/t18-/m0/s1. The van der Waals surface area contributed by atoms with Crippen LogP contribution in [0.3, 0.4) is 0 Å². The maximum Gasteiger partial charge on any atom is 0.414 e. The number of anilines is 2. The fraction of sp³-hybridized carbons (Fsp3) is 0.300. The van der Waals surface area contributed by atoms with E-state index in [2.05, 4.69) is 0 Å². The van der Waals surface area contributed by atoms with E-state index in [9.17, 15) is 9.59 Å². The number of hydrogen-bond donors (Lipinski definition) is 1. The average Bonchev–Trinajstić information content (AvgIpc) is 3.26. The summed E-state index contributed by atoms with van der Waals surface area (Å²) in [5.74, 6) is 0. The molecule has 2 aliphatic heterocycles. The van der Waals surface area contributed by atoms with Crippen molar-refractivity contribution in [1.82, 2.24) is 4.90 Å². The van der Waals surface area contributed by atoms with Crippen molar-refractivity contribution in [3.8, 4) is 0 Å². The predicted octanol–water partition coefficient (Wildman–Crippen LogP) is 2.41. The normalized spacial score (nSPS) is 19.7. The Morgan fingerprint density at radius 2 is 1.59 bits per heavy atom. The van der Waals surface area contributed by atoms with Gasteiger partial charge in [-0.2, -0.15) is 0 Å². The third kappa shape index (κ3) is 3.46. The molecule has 7 nitrogen and oxygen atoms in total. The van der Waals surface area contributed by atoms with Gasteiger partial charge in [-0.15, -0.1) is 0 Å². The van der Waals surface area contributed by atoms with E-state index in [-0.39, 0.29) is 18.2 Å². The highest BCUT2D eigenvalue weighted by molar-refractivity contribution is 5.95. The fourth-order valence-electron chi connectivity index (χ4n) is 3.44. The molecule has 0 aliphatic carbocycles. The first kappa shape index (κ1) is 17.4. The summed E-state index contributed by atoms with van der Waals surface area (Å²) >= 11 is 0. The Balaban J connectivity index is 1.43. The van der Waals surface area contributed by atoms with Crippen LogP contribution in [0.4, 0.5) is 21.0 Å². The second-order valence-electron chi connectivity index (χ2n) is 6.71. The lowest BCUT2D eigenvalue weighted by Gasteiger charge is -2.20. The lowest BCUT2D eigenvalue weighted by Crippen LogP contribution is -2.31. The van der Waals surface area contributed by atoms with Crippen molar-refractivity contribution in [2.75, 3.05) is 36.0 Å². The van der Waals surface area contributed by atoms with E-state index < -0.39 is 0 Å². The predicted molar refractivity (Wildman–Crippen MR) is 103 cm³/mol. The third-order valence-corrected chi connectivity index (χ3v) is 4.92. The summed E-state index contributed by atoms with van der Waals surface area (Å²) in [6, 6.07) is 17.4. The van der Waals surface area contributed by atoms with E-state index in [1.54, 1.807) is 9.80 Å². The van der Waals surface area contributed by atoms with Crippen LogP contribution in [0.5, 0.6) is 0 Å². The first-order valence-electron chi connectivity index (χ1n) is 9.04. The monoisotopic (exact) mass is 366 g/mol. The molecule has 2 aromatic rings. The molecule has 1 atom stereocenters. The van der Waals surface area contributed by atoms with Gasteiger partial charge in [0.05, 0.1) is 6.54 Å². The van der Waals surface area contributed by atoms with Gasteiger partial charge in [0.15, 0.2) is 0 Å². The third-order valence-electron chi connectivity index (χ3n) is 4.92. The minimum atomic E-state index is -0.385. The summed E-state index contributed by atoms with van der Waals surface area (Å²) in [5, 5.41) is 0. The summed E-state index contributed by atoms with van der Waals surface area (Å²) in [6.45, 7) is 2.69. The number of rotatable bonds is 5. The molecule has 0 unspecified atom stereocenters. The topological polar surface area (TPSA) is 79.1 Å². The molecule has 2 N–H and O–H groups in total. The van der Waals surface area contributed by atoms with Gasteiger partial charge in [0.25, 0.3) is 0 Å². The number of benzene rings is 2. The molecular formula is C20H22N4O3. The summed E-state index contributed by atoms with van der Waals surface area (Å²) in [5.41, 5.74) is 8.25. The molecule has 140 valence electrons. The lowest BCUT2D eigenvalue weighted by molar-refractivity contribution is 0.145. The first-order valence-corrected chi connectivity index (χ1v) is 9.04. The number of carbonyl (C=O) groups excluding carboxylic acids is 2. The zero-order valence-electron chi connectivity index (χ0n) is 15.0. The Morgan fingerprint density at radius 3 is 2.22 bits per heavy atom. The lowest BCUT2D eigenvalue weighted by atomic mass is 10.2. The van der Waals surface area contributed by atoms with Gasteiger partial charge in [0.2, 0.25) is 0 Å². The highest BCUT2D eigenvalue weighted by Crippen LogP contribution is 2.27. The van der Waals surface area contributed by atoms with E-state index in [1.165, 1.54) is 0 Å². The van der Waals surface area contributed by atoms with Crippen molar-refractivity contribution in [2.24, 2.45) is 5.73 Å².